The minimum Gasteiger partial charge on any atom is -0.455 e. The van der Waals surface area contributed by atoms with Gasteiger partial charge in [-0.2, -0.15) is 0 Å². The van der Waals surface area contributed by atoms with Crippen molar-refractivity contribution in [2.24, 2.45) is 5.14 Å². The maximum Gasteiger partial charge on any atom is 0.289 e. The van der Waals surface area contributed by atoms with Gasteiger partial charge >= 0.3 is 0 Å². The second-order valence-corrected chi connectivity index (χ2v) is 6.50. The van der Waals surface area contributed by atoms with Crippen LogP contribution in [0.2, 0.25) is 0 Å². The van der Waals surface area contributed by atoms with Gasteiger partial charge in [-0.25, -0.2) is 22.3 Å². The topological polar surface area (TPSA) is 93.6 Å². The number of nitrogens with zero attached hydrogens (tertiary/aromatic N) is 1. The Hall–Kier alpha value is -2.26. The van der Waals surface area contributed by atoms with Crippen molar-refractivity contribution in [3.63, 3.8) is 0 Å². The number of sulfonamides is 1. The molecule has 2 aromatic rings. The van der Waals surface area contributed by atoms with Gasteiger partial charge in [-0.1, -0.05) is 6.07 Å². The van der Waals surface area contributed by atoms with Gasteiger partial charge in [-0.15, -0.1) is 0 Å². The molecule has 0 atom stereocenters. The monoisotopic (exact) mass is 344 g/mol. The van der Waals surface area contributed by atoms with Crippen LogP contribution in [0.25, 0.3) is 0 Å². The van der Waals surface area contributed by atoms with Crippen molar-refractivity contribution in [2.45, 2.75) is 18.4 Å². The van der Waals surface area contributed by atoms with E-state index < -0.39 is 27.6 Å². The molecule has 0 aliphatic carbocycles. The summed E-state index contributed by atoms with van der Waals surface area (Å²) in [6.07, 6.45) is 0. The van der Waals surface area contributed by atoms with Gasteiger partial charge in [0.1, 0.15) is 22.3 Å². The second kappa shape index (κ2) is 6.09. The molecule has 6 nitrogen and oxygen atoms in total. The first kappa shape index (κ1) is 17.1. The normalized spacial score (nSPS) is 11.5. The SMILES string of the molecule is Cc1oc(C(=O)N(C)Cc2ccc(F)cc2F)cc1S(N)(=O)=O. The van der Waals surface area contributed by atoms with Crippen LogP contribution in [0.4, 0.5) is 8.78 Å². The molecule has 1 aromatic heterocycles. The number of carbonyl (C=O) groups excluding carboxylic acids is 1. The van der Waals surface area contributed by atoms with Gasteiger partial charge in [0.25, 0.3) is 5.91 Å². The van der Waals surface area contributed by atoms with Crippen molar-refractivity contribution in [2.75, 3.05) is 7.05 Å². The fourth-order valence-corrected chi connectivity index (χ4v) is 2.73. The average molecular weight is 344 g/mol. The van der Waals surface area contributed by atoms with E-state index in [1.54, 1.807) is 0 Å². The Kier molecular flexibility index (Phi) is 4.53. The number of nitrogens with two attached hydrogens (primary N) is 1. The third-order valence-corrected chi connectivity index (χ3v) is 4.18. The first-order valence-electron chi connectivity index (χ1n) is 6.42. The zero-order valence-electron chi connectivity index (χ0n) is 12.3. The summed E-state index contributed by atoms with van der Waals surface area (Å²) in [6.45, 7) is 1.21. The highest BCUT2D eigenvalue weighted by Crippen LogP contribution is 2.20. The minimum atomic E-state index is -4.01. The molecule has 0 bridgehead atoms. The van der Waals surface area contributed by atoms with Crippen molar-refractivity contribution in [1.82, 2.24) is 4.90 Å². The van der Waals surface area contributed by atoms with Crippen LogP contribution < -0.4 is 5.14 Å². The molecule has 23 heavy (non-hydrogen) atoms. The molecule has 0 saturated heterocycles. The summed E-state index contributed by atoms with van der Waals surface area (Å²) in [5, 5.41) is 5.01. The molecule has 2 N–H and O–H groups in total. The number of benzene rings is 1. The van der Waals surface area contributed by atoms with E-state index in [1.165, 1.54) is 20.0 Å². The number of hydrogen-bond acceptors (Lipinski definition) is 4. The Bertz CT molecular complexity index is 862. The third kappa shape index (κ3) is 3.74. The van der Waals surface area contributed by atoms with E-state index in [1.807, 2.05) is 0 Å². The zero-order valence-corrected chi connectivity index (χ0v) is 13.2. The Labute approximate surface area is 131 Å². The van der Waals surface area contributed by atoms with Gasteiger partial charge in [0, 0.05) is 31.3 Å². The van der Waals surface area contributed by atoms with Crippen molar-refractivity contribution in [1.29, 1.82) is 0 Å². The Morgan fingerprint density at radius 1 is 1.30 bits per heavy atom. The molecule has 1 aromatic carbocycles. The molecular formula is C14H14F2N2O4S. The highest BCUT2D eigenvalue weighted by Gasteiger charge is 2.23. The molecule has 0 aliphatic heterocycles. The highest BCUT2D eigenvalue weighted by molar-refractivity contribution is 7.89. The van der Waals surface area contributed by atoms with E-state index in [4.69, 9.17) is 9.56 Å². The molecule has 2 rings (SSSR count). The molecule has 0 aliphatic rings. The van der Waals surface area contributed by atoms with E-state index >= 15 is 0 Å². The molecular weight excluding hydrogens is 330 g/mol. The summed E-state index contributed by atoms with van der Waals surface area (Å²) >= 11 is 0. The molecule has 0 saturated carbocycles. The summed E-state index contributed by atoms with van der Waals surface area (Å²) in [6, 6.07) is 4.03. The number of rotatable bonds is 4. The standard InChI is InChI=1S/C14H14F2N2O4S/c1-8-13(23(17,20)21)6-12(22-8)14(19)18(2)7-9-3-4-10(15)5-11(9)16/h3-6H,7H2,1-2H3,(H2,17,20,21). The predicted octanol–water partition coefficient (Wildman–Crippen LogP) is 1.79. The fourth-order valence-electron chi connectivity index (χ4n) is 2.02. The van der Waals surface area contributed by atoms with Crippen molar-refractivity contribution < 1.29 is 26.4 Å². The van der Waals surface area contributed by atoms with Gasteiger partial charge in [0.2, 0.25) is 10.0 Å². The van der Waals surface area contributed by atoms with Crippen molar-refractivity contribution >= 4 is 15.9 Å². The Morgan fingerprint density at radius 3 is 2.48 bits per heavy atom. The molecule has 124 valence electrons. The molecule has 9 heteroatoms. The molecule has 0 fully saturated rings. The lowest BCUT2D eigenvalue weighted by atomic mass is 10.2. The lowest BCUT2D eigenvalue weighted by Crippen LogP contribution is -2.26. The predicted molar refractivity (Wildman–Crippen MR) is 77.0 cm³/mol. The second-order valence-electron chi connectivity index (χ2n) is 4.97. The van der Waals surface area contributed by atoms with Crippen LogP contribution in [-0.2, 0) is 16.6 Å². The molecule has 0 spiro atoms. The number of furan rings is 1. The minimum absolute atomic E-state index is 0.0165. The molecule has 1 heterocycles. The van der Waals surface area contributed by atoms with E-state index in [0.717, 1.165) is 17.0 Å². The first-order chi connectivity index (χ1) is 10.6. The number of primary sulfonamides is 1. The fraction of sp³-hybridized carbons (Fsp3) is 0.214. The molecule has 1 amide bonds. The molecule has 0 radical (unpaired) electrons. The maximum atomic E-state index is 13.6. The lowest BCUT2D eigenvalue weighted by molar-refractivity contribution is 0.0750. The van der Waals surface area contributed by atoms with Gasteiger partial charge in [-0.05, 0) is 13.0 Å². The zero-order chi connectivity index (χ0) is 17.4. The summed E-state index contributed by atoms with van der Waals surface area (Å²) in [4.78, 5) is 13.0. The van der Waals surface area contributed by atoms with Crippen LogP contribution in [0.3, 0.4) is 0 Å². The number of aryl methyl sites for hydroxylation is 1. The van der Waals surface area contributed by atoms with Gasteiger partial charge in [-0.3, -0.25) is 4.79 Å². The Morgan fingerprint density at radius 2 is 1.96 bits per heavy atom. The number of halogens is 2. The van der Waals surface area contributed by atoms with Crippen LogP contribution in [0, 0.1) is 18.6 Å². The highest BCUT2D eigenvalue weighted by atomic mass is 32.2. The van der Waals surface area contributed by atoms with E-state index in [-0.39, 0.29) is 28.5 Å². The lowest BCUT2D eigenvalue weighted by Gasteiger charge is -2.16. The number of amides is 1. The van der Waals surface area contributed by atoms with Crippen LogP contribution in [0.5, 0.6) is 0 Å². The summed E-state index contributed by atoms with van der Waals surface area (Å²) in [5.74, 6) is -2.43. The van der Waals surface area contributed by atoms with Crippen LogP contribution in [-0.4, -0.2) is 26.3 Å². The van der Waals surface area contributed by atoms with Gasteiger partial charge in [0.15, 0.2) is 5.76 Å². The summed E-state index contributed by atoms with van der Waals surface area (Å²) in [5.41, 5.74) is 0.109. The average Bonchev–Trinajstić information content (AvgIpc) is 2.83. The first-order valence-corrected chi connectivity index (χ1v) is 7.97. The van der Waals surface area contributed by atoms with E-state index in [0.29, 0.717) is 6.07 Å². The smallest absolute Gasteiger partial charge is 0.289 e. The van der Waals surface area contributed by atoms with Gasteiger partial charge < -0.3 is 9.32 Å². The third-order valence-electron chi connectivity index (χ3n) is 3.16. The van der Waals surface area contributed by atoms with E-state index in [9.17, 15) is 22.0 Å². The summed E-state index contributed by atoms with van der Waals surface area (Å²) in [7, 11) is -2.63. The van der Waals surface area contributed by atoms with Gasteiger partial charge in [0.05, 0.1) is 0 Å². The van der Waals surface area contributed by atoms with Crippen LogP contribution >= 0.6 is 0 Å². The number of carbonyl (C=O) groups is 1. The Balaban J connectivity index is 2.23. The van der Waals surface area contributed by atoms with Crippen LogP contribution in [0.1, 0.15) is 21.9 Å². The van der Waals surface area contributed by atoms with Crippen molar-refractivity contribution in [3.8, 4) is 0 Å². The maximum absolute atomic E-state index is 13.6. The summed E-state index contributed by atoms with van der Waals surface area (Å²) < 4.78 is 54.2. The quantitative estimate of drug-likeness (QED) is 0.915. The number of hydrogen-bond donors (Lipinski definition) is 1. The molecule has 0 unspecified atom stereocenters. The van der Waals surface area contributed by atoms with E-state index in [2.05, 4.69) is 0 Å². The largest absolute Gasteiger partial charge is 0.455 e. The van der Waals surface area contributed by atoms with Crippen molar-refractivity contribution in [3.05, 3.63) is 53.0 Å². The van der Waals surface area contributed by atoms with Crippen LogP contribution in [0.15, 0.2) is 33.6 Å².